The summed E-state index contributed by atoms with van der Waals surface area (Å²) < 4.78 is 0. The van der Waals surface area contributed by atoms with Gasteiger partial charge in [-0.15, -0.1) is 0 Å². The second-order valence-corrected chi connectivity index (χ2v) is 9.35. The lowest BCUT2D eigenvalue weighted by atomic mass is 9.70. The van der Waals surface area contributed by atoms with Crippen molar-refractivity contribution in [3.8, 4) is 0 Å². The van der Waals surface area contributed by atoms with Crippen LogP contribution in [0.25, 0.3) is 0 Å². The number of halogens is 1. The molecular weight excluding hydrogens is 394 g/mol. The van der Waals surface area contributed by atoms with Crippen LogP contribution in [0.3, 0.4) is 0 Å². The number of aliphatic imine (C=N–C) groups is 1. The van der Waals surface area contributed by atoms with E-state index in [-0.39, 0.29) is 5.41 Å². The molecule has 4 rings (SSSR count). The topological polar surface area (TPSA) is 42.9 Å². The van der Waals surface area contributed by atoms with E-state index in [0.717, 1.165) is 48.8 Å². The number of fused-ring (bicyclic) bond motifs is 1. The van der Waals surface area contributed by atoms with Crippen molar-refractivity contribution < 1.29 is 0 Å². The molecule has 30 heavy (non-hydrogen) atoms. The fourth-order valence-corrected chi connectivity index (χ4v) is 4.85. The maximum atomic E-state index is 6.18. The molecule has 2 N–H and O–H groups in total. The zero-order chi connectivity index (χ0) is 21.3. The van der Waals surface area contributed by atoms with E-state index in [2.05, 4.69) is 66.8 Å². The molecule has 160 valence electrons. The number of anilines is 3. The fraction of sp³-hybridized carbons (Fsp3) is 0.458. The number of piperidine rings is 1. The van der Waals surface area contributed by atoms with E-state index < -0.39 is 0 Å². The van der Waals surface area contributed by atoms with Crippen LogP contribution in [0.1, 0.15) is 24.0 Å². The summed E-state index contributed by atoms with van der Waals surface area (Å²) in [7, 11) is 8.42. The SMILES string of the molecule is CN(C)c1cc2c(cc1N(C)C)NC(=NCc1cccc(Cl)c1)C1(CCNCC1)C2. The van der Waals surface area contributed by atoms with Crippen LogP contribution in [0.2, 0.25) is 5.02 Å². The first-order valence-electron chi connectivity index (χ1n) is 10.7. The van der Waals surface area contributed by atoms with E-state index in [9.17, 15) is 0 Å². The van der Waals surface area contributed by atoms with Crippen LogP contribution in [-0.4, -0.2) is 47.1 Å². The minimum atomic E-state index is 0.0695. The van der Waals surface area contributed by atoms with E-state index in [1.807, 2.05) is 18.2 Å². The summed E-state index contributed by atoms with van der Waals surface area (Å²) in [6, 6.07) is 12.6. The van der Waals surface area contributed by atoms with Crippen LogP contribution in [0, 0.1) is 5.41 Å². The van der Waals surface area contributed by atoms with Crippen molar-refractivity contribution in [2.45, 2.75) is 25.8 Å². The highest BCUT2D eigenvalue weighted by atomic mass is 35.5. The van der Waals surface area contributed by atoms with Crippen LogP contribution in [0.5, 0.6) is 0 Å². The van der Waals surface area contributed by atoms with E-state index >= 15 is 0 Å². The Hall–Kier alpha value is -2.24. The number of amidine groups is 1. The zero-order valence-electron chi connectivity index (χ0n) is 18.4. The van der Waals surface area contributed by atoms with Gasteiger partial charge in [0.1, 0.15) is 5.84 Å². The van der Waals surface area contributed by atoms with Crippen LogP contribution in [0.15, 0.2) is 41.4 Å². The van der Waals surface area contributed by atoms with Gasteiger partial charge in [0.05, 0.1) is 17.9 Å². The molecule has 0 atom stereocenters. The molecule has 2 aromatic carbocycles. The molecule has 0 bridgehead atoms. The maximum Gasteiger partial charge on any atom is 0.108 e. The molecule has 0 aliphatic carbocycles. The minimum Gasteiger partial charge on any atom is -0.376 e. The first kappa shape index (κ1) is 21.0. The second-order valence-electron chi connectivity index (χ2n) is 8.91. The van der Waals surface area contributed by atoms with Crippen LogP contribution in [0.4, 0.5) is 17.1 Å². The van der Waals surface area contributed by atoms with E-state index in [1.54, 1.807) is 0 Å². The van der Waals surface area contributed by atoms with E-state index in [4.69, 9.17) is 16.6 Å². The van der Waals surface area contributed by atoms with Gasteiger partial charge in [-0.05, 0) is 67.7 Å². The summed E-state index contributed by atoms with van der Waals surface area (Å²) >= 11 is 6.18. The largest absolute Gasteiger partial charge is 0.376 e. The lowest BCUT2D eigenvalue weighted by Gasteiger charge is -2.43. The van der Waals surface area contributed by atoms with Gasteiger partial charge < -0.3 is 20.4 Å². The van der Waals surface area contributed by atoms with Crippen molar-refractivity contribution >= 4 is 34.5 Å². The highest BCUT2D eigenvalue weighted by Gasteiger charge is 2.41. The molecule has 0 saturated carbocycles. The zero-order valence-corrected chi connectivity index (χ0v) is 19.2. The van der Waals surface area contributed by atoms with E-state index in [1.165, 1.54) is 22.6 Å². The van der Waals surface area contributed by atoms with Crippen molar-refractivity contribution in [3.63, 3.8) is 0 Å². The van der Waals surface area contributed by atoms with Crippen molar-refractivity contribution in [2.75, 3.05) is 56.4 Å². The average Bonchev–Trinajstić information content (AvgIpc) is 2.72. The van der Waals surface area contributed by atoms with Crippen LogP contribution < -0.4 is 20.4 Å². The number of nitrogens with zero attached hydrogens (tertiary/aromatic N) is 3. The van der Waals surface area contributed by atoms with Crippen LogP contribution >= 0.6 is 11.6 Å². The molecule has 2 aromatic rings. The Kier molecular flexibility index (Phi) is 5.94. The standard InChI is InChI=1S/C24H32ClN5/c1-29(2)21-13-18-15-24(8-10-26-11-9-24)23(28-20(18)14-22(21)30(3)4)27-16-17-6-5-7-19(25)12-17/h5-7,12-14,26H,8-11,15-16H2,1-4H3,(H,27,28). The monoisotopic (exact) mass is 425 g/mol. The Balaban J connectivity index is 1.73. The Bertz CT molecular complexity index is 945. The van der Waals surface area contributed by atoms with Gasteiger partial charge in [0.25, 0.3) is 0 Å². The summed E-state index contributed by atoms with van der Waals surface area (Å²) in [5.41, 5.74) is 6.24. The van der Waals surface area contributed by atoms with Gasteiger partial charge in [0.15, 0.2) is 0 Å². The normalized spacial score (nSPS) is 18.8. The summed E-state index contributed by atoms with van der Waals surface area (Å²) in [4.78, 5) is 9.47. The Morgan fingerprint density at radius 3 is 2.37 bits per heavy atom. The summed E-state index contributed by atoms with van der Waals surface area (Å²) in [5, 5.41) is 8.03. The smallest absolute Gasteiger partial charge is 0.108 e. The molecule has 2 aliphatic rings. The molecule has 1 saturated heterocycles. The predicted octanol–water partition coefficient (Wildman–Crippen LogP) is 4.41. The van der Waals surface area contributed by atoms with Gasteiger partial charge in [-0.2, -0.15) is 0 Å². The third kappa shape index (κ3) is 4.14. The highest BCUT2D eigenvalue weighted by Crippen LogP contribution is 2.44. The van der Waals surface area contributed by atoms with Gasteiger partial charge in [0, 0.05) is 44.3 Å². The Labute approximate surface area is 185 Å². The third-order valence-corrected chi connectivity index (χ3v) is 6.55. The summed E-state index contributed by atoms with van der Waals surface area (Å²) in [6.45, 7) is 2.71. The number of hydrogen-bond donors (Lipinski definition) is 2. The predicted molar refractivity (Wildman–Crippen MR) is 130 cm³/mol. The van der Waals surface area contributed by atoms with Crippen molar-refractivity contribution in [2.24, 2.45) is 10.4 Å². The minimum absolute atomic E-state index is 0.0695. The van der Waals surface area contributed by atoms with Crippen molar-refractivity contribution in [1.29, 1.82) is 0 Å². The summed E-state index contributed by atoms with van der Waals surface area (Å²) in [6.07, 6.45) is 3.22. The molecule has 2 aliphatic heterocycles. The Morgan fingerprint density at radius 1 is 1.00 bits per heavy atom. The quantitative estimate of drug-likeness (QED) is 0.761. The molecule has 0 amide bonds. The van der Waals surface area contributed by atoms with Gasteiger partial charge in [-0.1, -0.05) is 23.7 Å². The lowest BCUT2D eigenvalue weighted by molar-refractivity contribution is 0.293. The molecule has 0 radical (unpaired) electrons. The molecule has 0 unspecified atom stereocenters. The molecule has 6 heteroatoms. The van der Waals surface area contributed by atoms with Crippen molar-refractivity contribution in [3.05, 3.63) is 52.5 Å². The number of nitrogens with one attached hydrogen (secondary N) is 2. The number of hydrogen-bond acceptors (Lipinski definition) is 4. The van der Waals surface area contributed by atoms with Gasteiger partial charge >= 0.3 is 0 Å². The van der Waals surface area contributed by atoms with Gasteiger partial charge in [-0.25, -0.2) is 0 Å². The molecular formula is C24H32ClN5. The van der Waals surface area contributed by atoms with E-state index in [0.29, 0.717) is 6.54 Å². The molecule has 1 spiro atoms. The average molecular weight is 426 g/mol. The molecule has 5 nitrogen and oxygen atoms in total. The highest BCUT2D eigenvalue weighted by molar-refractivity contribution is 6.30. The number of rotatable bonds is 4. The summed E-state index contributed by atoms with van der Waals surface area (Å²) in [5.74, 6) is 1.12. The van der Waals surface area contributed by atoms with Gasteiger partial charge in [-0.3, -0.25) is 4.99 Å². The Morgan fingerprint density at radius 2 is 1.70 bits per heavy atom. The lowest BCUT2D eigenvalue weighted by Crippen LogP contribution is -2.48. The molecule has 2 heterocycles. The van der Waals surface area contributed by atoms with Gasteiger partial charge in [0.2, 0.25) is 0 Å². The first-order chi connectivity index (χ1) is 14.4. The molecule has 0 aromatic heterocycles. The fourth-order valence-electron chi connectivity index (χ4n) is 4.64. The van der Waals surface area contributed by atoms with Crippen LogP contribution in [-0.2, 0) is 13.0 Å². The maximum absolute atomic E-state index is 6.18. The second kappa shape index (κ2) is 8.48. The number of benzene rings is 2. The van der Waals surface area contributed by atoms with Crippen molar-refractivity contribution in [1.82, 2.24) is 5.32 Å². The molecule has 1 fully saturated rings. The third-order valence-electron chi connectivity index (χ3n) is 6.32. The first-order valence-corrected chi connectivity index (χ1v) is 11.0.